The van der Waals surface area contributed by atoms with Crippen molar-refractivity contribution in [1.82, 2.24) is 9.88 Å². The highest BCUT2D eigenvalue weighted by molar-refractivity contribution is 5.97. The summed E-state index contributed by atoms with van der Waals surface area (Å²) >= 11 is 0. The molecule has 0 unspecified atom stereocenters. The average Bonchev–Trinajstić information content (AvgIpc) is 3.02. The zero-order valence-corrected chi connectivity index (χ0v) is 15.5. The number of aromatic nitrogens is 1. The van der Waals surface area contributed by atoms with Crippen molar-refractivity contribution in [2.24, 2.45) is 10.2 Å². The normalized spacial score (nSPS) is 10.9. The van der Waals surface area contributed by atoms with Crippen LogP contribution in [0, 0.1) is 0 Å². The maximum atomic E-state index is 12.0. The van der Waals surface area contributed by atoms with Crippen LogP contribution in [0.4, 0.5) is 5.69 Å². The summed E-state index contributed by atoms with van der Waals surface area (Å²) in [6.07, 6.45) is 0. The summed E-state index contributed by atoms with van der Waals surface area (Å²) in [6, 6.07) is 15.3. The second-order valence-corrected chi connectivity index (χ2v) is 5.99. The van der Waals surface area contributed by atoms with Gasteiger partial charge in [-0.1, -0.05) is 36.4 Å². The first-order valence-electron chi connectivity index (χ1n) is 8.66. The second kappa shape index (κ2) is 8.79. The van der Waals surface area contributed by atoms with Gasteiger partial charge in [0.15, 0.2) is 5.69 Å². The highest BCUT2D eigenvalue weighted by Crippen LogP contribution is 2.38. The number of benzene rings is 2. The number of amides is 2. The van der Waals surface area contributed by atoms with Crippen LogP contribution in [0.2, 0.25) is 0 Å². The number of esters is 1. The van der Waals surface area contributed by atoms with Crippen molar-refractivity contribution >= 4 is 34.4 Å². The lowest BCUT2D eigenvalue weighted by atomic mass is 10.2. The van der Waals surface area contributed by atoms with Gasteiger partial charge in [-0.2, -0.15) is 0 Å². The van der Waals surface area contributed by atoms with Crippen molar-refractivity contribution in [2.75, 3.05) is 13.7 Å². The molecular weight excluding hydrogens is 376 g/mol. The number of nitrogens with one attached hydrogen (secondary N) is 1. The lowest BCUT2D eigenvalue weighted by molar-refractivity contribution is -0.141. The Bertz CT molecular complexity index is 1090. The van der Waals surface area contributed by atoms with Crippen molar-refractivity contribution in [1.29, 1.82) is 0 Å². The van der Waals surface area contributed by atoms with Crippen LogP contribution in [0.25, 0.3) is 10.9 Å². The molecule has 0 saturated heterocycles. The number of fused-ring (bicyclic) bond motifs is 1. The predicted octanol–water partition coefficient (Wildman–Crippen LogP) is 2.56. The van der Waals surface area contributed by atoms with E-state index < -0.39 is 17.8 Å². The first-order valence-corrected chi connectivity index (χ1v) is 8.66. The van der Waals surface area contributed by atoms with Gasteiger partial charge in [-0.15, -0.1) is 10.2 Å². The van der Waals surface area contributed by atoms with Crippen molar-refractivity contribution in [2.45, 2.75) is 6.54 Å². The van der Waals surface area contributed by atoms with Gasteiger partial charge in [-0.05, 0) is 18.2 Å². The molecule has 29 heavy (non-hydrogen) atoms. The standard InChI is InChI=1S/C20H18N4O5/c1-29-17(26)12-24-15-10-6-5-9-14(15)18(20(24)28)23-22-16(25)11-21-19(27)13-7-3-2-4-8-13/h2-10,28H,11-12H2,1H3,(H,21,27). The molecule has 2 amide bonds. The topological polar surface area (TPSA) is 122 Å². The van der Waals surface area contributed by atoms with Gasteiger partial charge in [0.05, 0.1) is 12.6 Å². The van der Waals surface area contributed by atoms with Crippen molar-refractivity contribution < 1.29 is 24.2 Å². The van der Waals surface area contributed by atoms with E-state index in [9.17, 15) is 19.5 Å². The summed E-state index contributed by atoms with van der Waals surface area (Å²) in [6.45, 7) is -0.571. The molecule has 2 N–H and O–H groups in total. The summed E-state index contributed by atoms with van der Waals surface area (Å²) in [4.78, 5) is 35.6. The van der Waals surface area contributed by atoms with Crippen LogP contribution < -0.4 is 5.32 Å². The molecule has 3 rings (SSSR count). The summed E-state index contributed by atoms with van der Waals surface area (Å²) < 4.78 is 5.95. The highest BCUT2D eigenvalue weighted by Gasteiger charge is 2.19. The Balaban J connectivity index is 1.76. The molecule has 9 heteroatoms. The quantitative estimate of drug-likeness (QED) is 0.491. The van der Waals surface area contributed by atoms with Gasteiger partial charge in [0.25, 0.3) is 11.8 Å². The summed E-state index contributed by atoms with van der Waals surface area (Å²) in [7, 11) is 1.24. The van der Waals surface area contributed by atoms with Crippen LogP contribution in [-0.2, 0) is 20.9 Å². The third-order valence-corrected chi connectivity index (χ3v) is 4.13. The van der Waals surface area contributed by atoms with E-state index in [-0.39, 0.29) is 24.7 Å². The molecule has 0 aliphatic heterocycles. The summed E-state index contributed by atoms with van der Waals surface area (Å²) in [5.74, 6) is -1.98. The number of hydrogen-bond acceptors (Lipinski definition) is 6. The molecule has 9 nitrogen and oxygen atoms in total. The zero-order valence-electron chi connectivity index (χ0n) is 15.5. The van der Waals surface area contributed by atoms with E-state index in [1.165, 1.54) is 11.7 Å². The first kappa shape index (κ1) is 19.7. The minimum absolute atomic E-state index is 0.0484. The maximum absolute atomic E-state index is 12.0. The number of azo groups is 1. The van der Waals surface area contributed by atoms with Crippen molar-refractivity contribution in [3.05, 3.63) is 60.2 Å². The fourth-order valence-corrected chi connectivity index (χ4v) is 2.71. The molecule has 1 aromatic heterocycles. The fraction of sp³-hybridized carbons (Fsp3) is 0.150. The second-order valence-electron chi connectivity index (χ2n) is 5.99. The van der Waals surface area contributed by atoms with E-state index in [0.29, 0.717) is 16.5 Å². The van der Waals surface area contributed by atoms with Gasteiger partial charge >= 0.3 is 5.97 Å². The van der Waals surface area contributed by atoms with Crippen LogP contribution in [0.1, 0.15) is 10.4 Å². The Hall–Kier alpha value is -4.01. The number of para-hydroxylation sites is 1. The first-order chi connectivity index (χ1) is 14.0. The van der Waals surface area contributed by atoms with E-state index in [1.807, 2.05) is 0 Å². The number of hydrogen-bond donors (Lipinski definition) is 2. The van der Waals surface area contributed by atoms with E-state index in [2.05, 4.69) is 20.3 Å². The molecule has 0 radical (unpaired) electrons. The van der Waals surface area contributed by atoms with Crippen LogP contribution in [0.5, 0.6) is 5.88 Å². The SMILES string of the molecule is COC(=O)Cn1c(O)c(N=NC(=O)CNC(=O)c2ccccc2)c2ccccc21. The van der Waals surface area contributed by atoms with Gasteiger partial charge in [0, 0.05) is 10.9 Å². The fourth-order valence-electron chi connectivity index (χ4n) is 2.71. The monoisotopic (exact) mass is 394 g/mol. The minimum atomic E-state index is -0.696. The van der Waals surface area contributed by atoms with E-state index in [1.54, 1.807) is 54.6 Å². The molecule has 2 aromatic carbocycles. The summed E-state index contributed by atoms with van der Waals surface area (Å²) in [5, 5.41) is 20.8. The molecule has 0 bridgehead atoms. The van der Waals surface area contributed by atoms with E-state index in [0.717, 1.165) is 0 Å². The Morgan fingerprint density at radius 1 is 1.07 bits per heavy atom. The Labute approximate surface area is 165 Å². The molecule has 0 atom stereocenters. The van der Waals surface area contributed by atoms with Gasteiger partial charge < -0.3 is 15.2 Å². The number of rotatable bonds is 6. The molecule has 1 heterocycles. The van der Waals surface area contributed by atoms with Gasteiger partial charge in [0.2, 0.25) is 5.88 Å². The molecular formula is C20H18N4O5. The number of carbonyl (C=O) groups excluding carboxylic acids is 3. The van der Waals surface area contributed by atoms with Gasteiger partial charge in [-0.3, -0.25) is 19.0 Å². The molecule has 148 valence electrons. The zero-order chi connectivity index (χ0) is 20.8. The molecule has 0 spiro atoms. The van der Waals surface area contributed by atoms with Crippen LogP contribution in [-0.4, -0.2) is 41.1 Å². The van der Waals surface area contributed by atoms with E-state index >= 15 is 0 Å². The Kier molecular flexibility index (Phi) is 5.98. The van der Waals surface area contributed by atoms with Crippen LogP contribution in [0.3, 0.4) is 0 Å². The smallest absolute Gasteiger partial charge is 0.325 e. The molecule has 0 saturated carbocycles. The Morgan fingerprint density at radius 3 is 2.48 bits per heavy atom. The van der Waals surface area contributed by atoms with Crippen LogP contribution in [0.15, 0.2) is 64.8 Å². The third kappa shape index (κ3) is 4.46. The third-order valence-electron chi connectivity index (χ3n) is 4.13. The molecule has 0 fully saturated rings. The Morgan fingerprint density at radius 2 is 1.76 bits per heavy atom. The van der Waals surface area contributed by atoms with Gasteiger partial charge in [-0.25, -0.2) is 0 Å². The summed E-state index contributed by atoms with van der Waals surface area (Å²) in [5.41, 5.74) is 1.00. The largest absolute Gasteiger partial charge is 0.493 e. The lowest BCUT2D eigenvalue weighted by Crippen LogP contribution is -2.28. The average molecular weight is 394 g/mol. The van der Waals surface area contributed by atoms with Crippen molar-refractivity contribution in [3.63, 3.8) is 0 Å². The molecule has 0 aliphatic carbocycles. The number of methoxy groups -OCH3 is 1. The maximum Gasteiger partial charge on any atom is 0.325 e. The lowest BCUT2D eigenvalue weighted by Gasteiger charge is -2.04. The van der Waals surface area contributed by atoms with E-state index in [4.69, 9.17) is 0 Å². The number of aromatic hydroxyl groups is 1. The number of carbonyl (C=O) groups is 3. The van der Waals surface area contributed by atoms with Crippen molar-refractivity contribution in [3.8, 4) is 5.88 Å². The van der Waals surface area contributed by atoms with Crippen LogP contribution >= 0.6 is 0 Å². The molecule has 3 aromatic rings. The number of ether oxygens (including phenoxy) is 1. The minimum Gasteiger partial charge on any atom is -0.493 e. The molecule has 0 aliphatic rings. The highest BCUT2D eigenvalue weighted by atomic mass is 16.5. The predicted molar refractivity (Wildman–Crippen MR) is 104 cm³/mol. The number of nitrogens with zero attached hydrogens (tertiary/aromatic N) is 3. The van der Waals surface area contributed by atoms with Gasteiger partial charge in [0.1, 0.15) is 13.1 Å².